The SMILES string of the molecule is CCCCC(CCC)CNC(=O)C1CNC1.Cl. The van der Waals surface area contributed by atoms with E-state index in [0.717, 1.165) is 19.6 Å². The maximum Gasteiger partial charge on any atom is 0.225 e. The minimum absolute atomic E-state index is 0. The lowest BCUT2D eigenvalue weighted by Crippen LogP contribution is -2.51. The van der Waals surface area contributed by atoms with E-state index < -0.39 is 0 Å². The third-order valence-corrected chi connectivity index (χ3v) is 3.38. The molecule has 1 atom stereocenters. The summed E-state index contributed by atoms with van der Waals surface area (Å²) in [5.41, 5.74) is 0. The lowest BCUT2D eigenvalue weighted by Gasteiger charge is -2.27. The third kappa shape index (κ3) is 6.27. The summed E-state index contributed by atoms with van der Waals surface area (Å²) in [6, 6.07) is 0. The van der Waals surface area contributed by atoms with Gasteiger partial charge < -0.3 is 10.6 Å². The van der Waals surface area contributed by atoms with Crippen molar-refractivity contribution in [2.75, 3.05) is 19.6 Å². The van der Waals surface area contributed by atoms with Gasteiger partial charge in [-0.05, 0) is 18.8 Å². The van der Waals surface area contributed by atoms with E-state index in [9.17, 15) is 4.79 Å². The monoisotopic (exact) mass is 262 g/mol. The molecule has 0 aromatic rings. The zero-order valence-electron chi connectivity index (χ0n) is 11.1. The molecule has 1 aliphatic heterocycles. The Labute approximate surface area is 112 Å². The van der Waals surface area contributed by atoms with Crippen LogP contribution in [0.5, 0.6) is 0 Å². The van der Waals surface area contributed by atoms with Crippen molar-refractivity contribution in [1.82, 2.24) is 10.6 Å². The van der Waals surface area contributed by atoms with Gasteiger partial charge in [0, 0.05) is 19.6 Å². The van der Waals surface area contributed by atoms with Gasteiger partial charge in [0.15, 0.2) is 0 Å². The predicted molar refractivity (Wildman–Crippen MR) is 74.5 cm³/mol. The van der Waals surface area contributed by atoms with Crippen LogP contribution in [0.3, 0.4) is 0 Å². The number of rotatable bonds is 8. The van der Waals surface area contributed by atoms with Crippen LogP contribution in [0, 0.1) is 11.8 Å². The molecule has 1 aliphatic rings. The number of unbranched alkanes of at least 4 members (excludes halogenated alkanes) is 1. The molecule has 0 aliphatic carbocycles. The summed E-state index contributed by atoms with van der Waals surface area (Å²) in [6.45, 7) is 7.04. The lowest BCUT2D eigenvalue weighted by molar-refractivity contribution is -0.126. The highest BCUT2D eigenvalue weighted by Gasteiger charge is 2.24. The van der Waals surface area contributed by atoms with Crippen LogP contribution in [0.1, 0.15) is 46.0 Å². The van der Waals surface area contributed by atoms with Crippen LogP contribution in [0.4, 0.5) is 0 Å². The number of halogens is 1. The van der Waals surface area contributed by atoms with Crippen LogP contribution in [-0.2, 0) is 4.79 Å². The van der Waals surface area contributed by atoms with E-state index in [1.165, 1.54) is 32.1 Å². The highest BCUT2D eigenvalue weighted by Crippen LogP contribution is 2.14. The molecule has 0 bridgehead atoms. The van der Waals surface area contributed by atoms with Crippen molar-refractivity contribution in [3.05, 3.63) is 0 Å². The average Bonchev–Trinajstić information content (AvgIpc) is 2.19. The van der Waals surface area contributed by atoms with Crippen LogP contribution >= 0.6 is 12.4 Å². The van der Waals surface area contributed by atoms with E-state index in [1.54, 1.807) is 0 Å². The van der Waals surface area contributed by atoms with Crippen LogP contribution in [-0.4, -0.2) is 25.5 Å². The van der Waals surface area contributed by atoms with Gasteiger partial charge in [-0.2, -0.15) is 0 Å². The van der Waals surface area contributed by atoms with E-state index in [-0.39, 0.29) is 24.2 Å². The molecule has 1 rings (SSSR count). The fourth-order valence-corrected chi connectivity index (χ4v) is 2.11. The fourth-order valence-electron chi connectivity index (χ4n) is 2.11. The fraction of sp³-hybridized carbons (Fsp3) is 0.923. The summed E-state index contributed by atoms with van der Waals surface area (Å²) in [6.07, 6.45) is 6.25. The molecule has 4 heteroatoms. The van der Waals surface area contributed by atoms with Gasteiger partial charge in [-0.3, -0.25) is 4.79 Å². The van der Waals surface area contributed by atoms with Gasteiger partial charge in [-0.15, -0.1) is 12.4 Å². The topological polar surface area (TPSA) is 41.1 Å². The molecule has 0 aromatic carbocycles. The number of hydrogen-bond acceptors (Lipinski definition) is 2. The maximum absolute atomic E-state index is 11.7. The van der Waals surface area contributed by atoms with Crippen molar-refractivity contribution in [1.29, 1.82) is 0 Å². The summed E-state index contributed by atoms with van der Waals surface area (Å²) < 4.78 is 0. The largest absolute Gasteiger partial charge is 0.356 e. The molecule has 3 nitrogen and oxygen atoms in total. The Kier molecular flexibility index (Phi) is 9.56. The third-order valence-electron chi connectivity index (χ3n) is 3.38. The Hall–Kier alpha value is -0.280. The first-order valence-electron chi connectivity index (χ1n) is 6.76. The highest BCUT2D eigenvalue weighted by atomic mass is 35.5. The summed E-state index contributed by atoms with van der Waals surface area (Å²) in [5, 5.41) is 6.23. The summed E-state index contributed by atoms with van der Waals surface area (Å²) >= 11 is 0. The van der Waals surface area contributed by atoms with Gasteiger partial charge in [0.1, 0.15) is 0 Å². The minimum atomic E-state index is 0. The zero-order valence-corrected chi connectivity index (χ0v) is 11.9. The van der Waals surface area contributed by atoms with E-state index in [2.05, 4.69) is 24.5 Å². The predicted octanol–water partition coefficient (Wildman–Crippen LogP) is 2.35. The second kappa shape index (κ2) is 9.72. The quantitative estimate of drug-likeness (QED) is 0.705. The molecule has 1 saturated heterocycles. The minimum Gasteiger partial charge on any atom is -0.356 e. The smallest absolute Gasteiger partial charge is 0.225 e. The summed E-state index contributed by atoms with van der Waals surface area (Å²) in [4.78, 5) is 11.7. The first-order valence-corrected chi connectivity index (χ1v) is 6.76. The molecule has 0 spiro atoms. The van der Waals surface area contributed by atoms with Gasteiger partial charge in [0.05, 0.1) is 5.92 Å². The van der Waals surface area contributed by atoms with Crippen molar-refractivity contribution in [2.24, 2.45) is 11.8 Å². The van der Waals surface area contributed by atoms with E-state index >= 15 is 0 Å². The van der Waals surface area contributed by atoms with Gasteiger partial charge in [-0.1, -0.05) is 33.1 Å². The van der Waals surface area contributed by atoms with Gasteiger partial charge in [-0.25, -0.2) is 0 Å². The van der Waals surface area contributed by atoms with Crippen molar-refractivity contribution in [3.63, 3.8) is 0 Å². The number of nitrogens with one attached hydrogen (secondary N) is 2. The molecule has 1 heterocycles. The van der Waals surface area contributed by atoms with Crippen LogP contribution in [0.25, 0.3) is 0 Å². The normalized spacial score (nSPS) is 16.8. The van der Waals surface area contributed by atoms with Crippen LogP contribution in [0.15, 0.2) is 0 Å². The van der Waals surface area contributed by atoms with E-state index in [4.69, 9.17) is 0 Å². The van der Waals surface area contributed by atoms with E-state index in [0.29, 0.717) is 5.92 Å². The Morgan fingerprint density at radius 3 is 2.47 bits per heavy atom. The second-order valence-corrected chi connectivity index (χ2v) is 4.90. The molecule has 2 N–H and O–H groups in total. The number of carbonyl (C=O) groups excluding carboxylic acids is 1. The van der Waals surface area contributed by atoms with Crippen molar-refractivity contribution >= 4 is 18.3 Å². The summed E-state index contributed by atoms with van der Waals surface area (Å²) in [7, 11) is 0. The Bertz CT molecular complexity index is 208. The van der Waals surface area contributed by atoms with Crippen molar-refractivity contribution < 1.29 is 4.79 Å². The lowest BCUT2D eigenvalue weighted by atomic mass is 9.96. The van der Waals surface area contributed by atoms with Crippen LogP contribution < -0.4 is 10.6 Å². The average molecular weight is 263 g/mol. The van der Waals surface area contributed by atoms with Crippen LogP contribution in [0.2, 0.25) is 0 Å². The standard InChI is InChI=1S/C13H26N2O.ClH/c1-3-5-7-11(6-4-2)8-15-13(16)12-9-14-10-12;/h11-12,14H,3-10H2,1-2H3,(H,15,16);1H. The molecule has 0 saturated carbocycles. The highest BCUT2D eigenvalue weighted by molar-refractivity contribution is 5.85. The second-order valence-electron chi connectivity index (χ2n) is 4.90. The molecule has 0 aromatic heterocycles. The molecule has 102 valence electrons. The number of amides is 1. The maximum atomic E-state index is 11.7. The molecule has 17 heavy (non-hydrogen) atoms. The van der Waals surface area contributed by atoms with Crippen molar-refractivity contribution in [3.8, 4) is 0 Å². The van der Waals surface area contributed by atoms with Crippen molar-refractivity contribution in [2.45, 2.75) is 46.0 Å². The molecular formula is C13H27ClN2O. The van der Waals surface area contributed by atoms with Gasteiger partial charge in [0.25, 0.3) is 0 Å². The molecular weight excluding hydrogens is 236 g/mol. The molecule has 1 unspecified atom stereocenters. The number of carbonyl (C=O) groups is 1. The molecule has 0 radical (unpaired) electrons. The Balaban J connectivity index is 0.00000256. The summed E-state index contributed by atoms with van der Waals surface area (Å²) in [5.74, 6) is 1.16. The molecule has 1 amide bonds. The van der Waals surface area contributed by atoms with Gasteiger partial charge >= 0.3 is 0 Å². The first-order chi connectivity index (χ1) is 7.77. The Morgan fingerprint density at radius 1 is 1.29 bits per heavy atom. The Morgan fingerprint density at radius 2 is 2.00 bits per heavy atom. The molecule has 1 fully saturated rings. The van der Waals surface area contributed by atoms with E-state index in [1.807, 2.05) is 0 Å². The van der Waals surface area contributed by atoms with Gasteiger partial charge in [0.2, 0.25) is 5.91 Å². The first kappa shape index (κ1) is 16.7. The zero-order chi connectivity index (χ0) is 11.8. The number of hydrogen-bond donors (Lipinski definition) is 2.